The number of benzene rings is 1. The minimum Gasteiger partial charge on any atom is -0.494 e. The number of rotatable bonds is 1. The first kappa shape index (κ1) is 11.5. The molecule has 0 heterocycles. The van der Waals surface area contributed by atoms with Gasteiger partial charge >= 0.3 is 0 Å². The molecule has 0 aromatic heterocycles. The van der Waals surface area contributed by atoms with Gasteiger partial charge in [0, 0.05) is 0 Å². The molecular weight excluding hydrogens is 195 g/mol. The van der Waals surface area contributed by atoms with Crippen molar-refractivity contribution >= 4 is 0 Å². The summed E-state index contributed by atoms with van der Waals surface area (Å²) in [6.07, 6.45) is 0. The fourth-order valence-corrected chi connectivity index (χ4v) is 0.985. The van der Waals surface area contributed by atoms with E-state index < -0.39 is 11.4 Å². The molecular formula is C12H13FO2. The summed E-state index contributed by atoms with van der Waals surface area (Å²) in [5.74, 6) is 4.76. The van der Waals surface area contributed by atoms with Crippen LogP contribution in [0.4, 0.5) is 4.39 Å². The first-order valence-corrected chi connectivity index (χ1v) is 4.52. The molecule has 0 unspecified atom stereocenters. The Labute approximate surface area is 88.7 Å². The quantitative estimate of drug-likeness (QED) is 0.715. The summed E-state index contributed by atoms with van der Waals surface area (Å²) in [5.41, 5.74) is -0.910. The maximum Gasteiger partial charge on any atom is 0.180 e. The second-order valence-electron chi connectivity index (χ2n) is 3.63. The topological polar surface area (TPSA) is 29.5 Å². The van der Waals surface area contributed by atoms with E-state index in [0.717, 1.165) is 0 Å². The van der Waals surface area contributed by atoms with Crippen LogP contribution in [0, 0.1) is 17.7 Å². The molecule has 0 radical (unpaired) electrons. The van der Waals surface area contributed by atoms with Gasteiger partial charge in [-0.3, -0.25) is 0 Å². The molecule has 0 aliphatic carbocycles. The number of ether oxygens (including phenoxy) is 1. The number of aliphatic hydroxyl groups is 1. The van der Waals surface area contributed by atoms with Gasteiger partial charge in [-0.15, -0.1) is 0 Å². The Morgan fingerprint density at radius 2 is 2.07 bits per heavy atom. The molecule has 0 aliphatic heterocycles. The zero-order chi connectivity index (χ0) is 11.5. The highest BCUT2D eigenvalue weighted by atomic mass is 19.1. The van der Waals surface area contributed by atoms with Gasteiger partial charge < -0.3 is 9.84 Å². The number of hydrogen-bond acceptors (Lipinski definition) is 2. The van der Waals surface area contributed by atoms with Crippen LogP contribution in [-0.4, -0.2) is 17.8 Å². The molecule has 0 amide bonds. The summed E-state index contributed by atoms with van der Waals surface area (Å²) in [7, 11) is 1.39. The molecule has 1 N–H and O–H groups in total. The van der Waals surface area contributed by atoms with Crippen molar-refractivity contribution in [2.75, 3.05) is 7.11 Å². The smallest absolute Gasteiger partial charge is 0.180 e. The Bertz CT molecular complexity index is 408. The van der Waals surface area contributed by atoms with Gasteiger partial charge in [-0.2, -0.15) is 0 Å². The van der Waals surface area contributed by atoms with E-state index in [2.05, 4.69) is 11.8 Å². The lowest BCUT2D eigenvalue weighted by atomic mass is 10.1. The summed E-state index contributed by atoms with van der Waals surface area (Å²) >= 11 is 0. The number of methoxy groups -OCH3 is 1. The molecule has 1 aromatic carbocycles. The monoisotopic (exact) mass is 208 g/mol. The fraction of sp³-hybridized carbons (Fsp3) is 0.333. The van der Waals surface area contributed by atoms with Gasteiger partial charge in [0.15, 0.2) is 11.6 Å². The average Bonchev–Trinajstić information content (AvgIpc) is 2.15. The summed E-state index contributed by atoms with van der Waals surface area (Å²) in [6, 6.07) is 4.71. The molecule has 0 saturated carbocycles. The number of halogens is 1. The zero-order valence-electron chi connectivity index (χ0n) is 8.97. The van der Waals surface area contributed by atoms with E-state index in [4.69, 9.17) is 4.74 Å². The second-order valence-corrected chi connectivity index (χ2v) is 3.63. The maximum atomic E-state index is 13.5. The van der Waals surface area contributed by atoms with E-state index in [1.807, 2.05) is 0 Å². The second kappa shape index (κ2) is 4.33. The maximum absolute atomic E-state index is 13.5. The highest BCUT2D eigenvalue weighted by Crippen LogP contribution is 2.19. The molecule has 0 bridgehead atoms. The van der Waals surface area contributed by atoms with Crippen molar-refractivity contribution in [3.05, 3.63) is 29.6 Å². The summed E-state index contributed by atoms with van der Waals surface area (Å²) in [4.78, 5) is 0. The minimum atomic E-state index is -1.13. The lowest BCUT2D eigenvalue weighted by molar-refractivity contribution is 0.143. The molecule has 0 atom stereocenters. The van der Waals surface area contributed by atoms with Crippen molar-refractivity contribution < 1.29 is 14.2 Å². The number of hydrogen-bond donors (Lipinski definition) is 1. The standard InChI is InChI=1S/C12H13FO2/c1-12(2,14)8-7-9-5-4-6-10(15-3)11(9)13/h4-6,14H,1-3H3. The van der Waals surface area contributed by atoms with Crippen LogP contribution in [0.2, 0.25) is 0 Å². The van der Waals surface area contributed by atoms with Crippen LogP contribution in [0.1, 0.15) is 19.4 Å². The highest BCUT2D eigenvalue weighted by molar-refractivity contribution is 5.42. The third kappa shape index (κ3) is 3.26. The minimum absolute atomic E-state index is 0.151. The lowest BCUT2D eigenvalue weighted by Crippen LogP contribution is -2.14. The Balaban J connectivity index is 3.10. The largest absolute Gasteiger partial charge is 0.494 e. The molecule has 15 heavy (non-hydrogen) atoms. The van der Waals surface area contributed by atoms with Crippen LogP contribution in [0.25, 0.3) is 0 Å². The van der Waals surface area contributed by atoms with Gasteiger partial charge in [0.25, 0.3) is 0 Å². The molecule has 2 nitrogen and oxygen atoms in total. The fourth-order valence-electron chi connectivity index (χ4n) is 0.985. The highest BCUT2D eigenvalue weighted by Gasteiger charge is 2.08. The van der Waals surface area contributed by atoms with Gasteiger partial charge in [-0.05, 0) is 26.0 Å². The van der Waals surface area contributed by atoms with Crippen molar-refractivity contribution in [2.45, 2.75) is 19.4 Å². The van der Waals surface area contributed by atoms with Gasteiger partial charge in [0.1, 0.15) is 5.60 Å². The third-order valence-electron chi connectivity index (χ3n) is 1.69. The van der Waals surface area contributed by atoms with E-state index >= 15 is 0 Å². The summed E-state index contributed by atoms with van der Waals surface area (Å²) < 4.78 is 18.4. The van der Waals surface area contributed by atoms with Crippen LogP contribution >= 0.6 is 0 Å². The first-order chi connectivity index (χ1) is 6.94. The first-order valence-electron chi connectivity index (χ1n) is 4.52. The van der Waals surface area contributed by atoms with Crippen LogP contribution < -0.4 is 4.74 Å². The lowest BCUT2D eigenvalue weighted by Gasteiger charge is -2.06. The van der Waals surface area contributed by atoms with E-state index in [1.54, 1.807) is 6.07 Å². The van der Waals surface area contributed by atoms with Crippen molar-refractivity contribution in [3.8, 4) is 17.6 Å². The third-order valence-corrected chi connectivity index (χ3v) is 1.69. The Morgan fingerprint density at radius 3 is 2.60 bits per heavy atom. The molecule has 1 rings (SSSR count). The predicted molar refractivity (Wildman–Crippen MR) is 56.1 cm³/mol. The van der Waals surface area contributed by atoms with Crippen LogP contribution in [0.5, 0.6) is 5.75 Å². The Hall–Kier alpha value is -1.53. The van der Waals surface area contributed by atoms with Gasteiger partial charge in [0.2, 0.25) is 0 Å². The molecule has 0 aliphatic rings. The van der Waals surface area contributed by atoms with E-state index in [-0.39, 0.29) is 11.3 Å². The van der Waals surface area contributed by atoms with E-state index in [9.17, 15) is 9.50 Å². The van der Waals surface area contributed by atoms with Crippen molar-refractivity contribution in [3.63, 3.8) is 0 Å². The molecule has 1 aromatic rings. The van der Waals surface area contributed by atoms with E-state index in [0.29, 0.717) is 0 Å². The molecule has 80 valence electrons. The molecule has 0 saturated heterocycles. The molecule has 0 spiro atoms. The van der Waals surface area contributed by atoms with Crippen LogP contribution in [0.15, 0.2) is 18.2 Å². The predicted octanol–water partition coefficient (Wildman–Crippen LogP) is 1.96. The SMILES string of the molecule is COc1cccc(C#CC(C)(C)O)c1F. The van der Waals surface area contributed by atoms with Crippen molar-refractivity contribution in [1.82, 2.24) is 0 Å². The molecule has 3 heteroatoms. The Kier molecular flexibility index (Phi) is 3.33. The van der Waals surface area contributed by atoms with Crippen molar-refractivity contribution in [1.29, 1.82) is 0 Å². The van der Waals surface area contributed by atoms with Crippen LogP contribution in [-0.2, 0) is 0 Å². The summed E-state index contributed by atoms with van der Waals surface area (Å²) in [6.45, 7) is 3.08. The zero-order valence-corrected chi connectivity index (χ0v) is 8.97. The van der Waals surface area contributed by atoms with E-state index in [1.165, 1.54) is 33.1 Å². The average molecular weight is 208 g/mol. The normalized spacial score (nSPS) is 10.5. The Morgan fingerprint density at radius 1 is 1.40 bits per heavy atom. The van der Waals surface area contributed by atoms with Crippen molar-refractivity contribution in [2.24, 2.45) is 0 Å². The summed E-state index contributed by atoms with van der Waals surface area (Å²) in [5, 5.41) is 9.37. The molecule has 0 fully saturated rings. The van der Waals surface area contributed by atoms with Gasteiger partial charge in [-0.1, -0.05) is 17.9 Å². The van der Waals surface area contributed by atoms with Gasteiger partial charge in [0.05, 0.1) is 12.7 Å². The van der Waals surface area contributed by atoms with Gasteiger partial charge in [-0.25, -0.2) is 4.39 Å². The van der Waals surface area contributed by atoms with Crippen LogP contribution in [0.3, 0.4) is 0 Å².